The Morgan fingerprint density at radius 1 is 1.21 bits per heavy atom. The molecule has 1 atom stereocenters. The van der Waals surface area contributed by atoms with Crippen LogP contribution >= 0.6 is 0 Å². The normalized spacial score (nSPS) is 22.8. The predicted molar refractivity (Wildman–Crippen MR) is 78.5 cm³/mol. The fourth-order valence-electron chi connectivity index (χ4n) is 3.04. The van der Waals surface area contributed by atoms with Gasteiger partial charge in [-0.2, -0.15) is 0 Å². The molecule has 1 heterocycles. The van der Waals surface area contributed by atoms with Gasteiger partial charge in [0, 0.05) is 17.5 Å². The van der Waals surface area contributed by atoms with Crippen molar-refractivity contribution >= 4 is 16.6 Å². The molecule has 0 radical (unpaired) electrons. The van der Waals surface area contributed by atoms with Gasteiger partial charge >= 0.3 is 0 Å². The SMILES string of the molecule is CCC1(C(=O)c2ccc3ccccc3c2)CCNC1. The lowest BCUT2D eigenvalue weighted by Gasteiger charge is -2.25. The van der Waals surface area contributed by atoms with Gasteiger partial charge in [-0.15, -0.1) is 0 Å². The molecule has 0 amide bonds. The van der Waals surface area contributed by atoms with Gasteiger partial charge in [-0.25, -0.2) is 0 Å². The Labute approximate surface area is 113 Å². The lowest BCUT2D eigenvalue weighted by molar-refractivity contribution is 0.0810. The van der Waals surface area contributed by atoms with Crippen LogP contribution in [0.4, 0.5) is 0 Å². The van der Waals surface area contributed by atoms with Crippen LogP contribution in [0.2, 0.25) is 0 Å². The van der Waals surface area contributed by atoms with Crippen LogP contribution in [0.25, 0.3) is 10.8 Å². The summed E-state index contributed by atoms with van der Waals surface area (Å²) in [4.78, 5) is 12.8. The van der Waals surface area contributed by atoms with Crippen molar-refractivity contribution in [3.05, 3.63) is 48.0 Å². The maximum atomic E-state index is 12.8. The van der Waals surface area contributed by atoms with Crippen molar-refractivity contribution in [3.63, 3.8) is 0 Å². The van der Waals surface area contributed by atoms with Gasteiger partial charge in [-0.3, -0.25) is 4.79 Å². The van der Waals surface area contributed by atoms with Crippen molar-refractivity contribution in [2.45, 2.75) is 19.8 Å². The second kappa shape index (κ2) is 4.78. The summed E-state index contributed by atoms with van der Waals surface area (Å²) < 4.78 is 0. The highest BCUT2D eigenvalue weighted by Gasteiger charge is 2.39. The van der Waals surface area contributed by atoms with Crippen molar-refractivity contribution < 1.29 is 4.79 Å². The largest absolute Gasteiger partial charge is 0.316 e. The van der Waals surface area contributed by atoms with E-state index >= 15 is 0 Å². The average molecular weight is 253 g/mol. The second-order valence-corrected chi connectivity index (χ2v) is 5.45. The van der Waals surface area contributed by atoms with Crippen molar-refractivity contribution in [3.8, 4) is 0 Å². The van der Waals surface area contributed by atoms with Crippen LogP contribution < -0.4 is 5.32 Å². The van der Waals surface area contributed by atoms with E-state index in [9.17, 15) is 4.79 Å². The number of ketones is 1. The van der Waals surface area contributed by atoms with Crippen LogP contribution in [0.1, 0.15) is 30.1 Å². The molecule has 0 saturated carbocycles. The minimum atomic E-state index is -0.192. The van der Waals surface area contributed by atoms with Crippen molar-refractivity contribution in [2.75, 3.05) is 13.1 Å². The number of fused-ring (bicyclic) bond motifs is 1. The number of rotatable bonds is 3. The third-order valence-corrected chi connectivity index (χ3v) is 4.41. The van der Waals surface area contributed by atoms with E-state index in [4.69, 9.17) is 0 Å². The van der Waals surface area contributed by atoms with Crippen LogP contribution in [0, 0.1) is 5.41 Å². The summed E-state index contributed by atoms with van der Waals surface area (Å²) in [5.41, 5.74) is 0.659. The Hall–Kier alpha value is -1.67. The lowest BCUT2D eigenvalue weighted by Crippen LogP contribution is -2.32. The maximum Gasteiger partial charge on any atom is 0.170 e. The van der Waals surface area contributed by atoms with Crippen molar-refractivity contribution in [1.82, 2.24) is 5.32 Å². The van der Waals surface area contributed by atoms with Crippen LogP contribution in [-0.2, 0) is 0 Å². The summed E-state index contributed by atoms with van der Waals surface area (Å²) in [7, 11) is 0. The zero-order valence-electron chi connectivity index (χ0n) is 11.3. The number of carbonyl (C=O) groups excluding carboxylic acids is 1. The van der Waals surface area contributed by atoms with Gasteiger partial charge in [0.2, 0.25) is 0 Å². The fourth-order valence-corrected chi connectivity index (χ4v) is 3.04. The molecule has 0 aromatic heterocycles. The maximum absolute atomic E-state index is 12.8. The third kappa shape index (κ3) is 2.06. The Kier molecular flexibility index (Phi) is 3.11. The quantitative estimate of drug-likeness (QED) is 0.849. The summed E-state index contributed by atoms with van der Waals surface area (Å²) in [6.07, 6.45) is 1.86. The first kappa shape index (κ1) is 12.4. The Morgan fingerprint density at radius 3 is 2.68 bits per heavy atom. The van der Waals surface area contributed by atoms with Gasteiger partial charge < -0.3 is 5.32 Å². The number of hydrogen-bond donors (Lipinski definition) is 1. The Balaban J connectivity index is 2.01. The molecule has 0 bridgehead atoms. The van der Waals surface area contributed by atoms with Gasteiger partial charge in [0.15, 0.2) is 5.78 Å². The molecule has 1 fully saturated rings. The summed E-state index contributed by atoms with van der Waals surface area (Å²) in [5.74, 6) is 0.297. The van der Waals surface area contributed by atoms with Gasteiger partial charge in [-0.05, 0) is 36.2 Å². The minimum absolute atomic E-state index is 0.192. The van der Waals surface area contributed by atoms with Crippen LogP contribution in [0.3, 0.4) is 0 Å². The van der Waals surface area contributed by atoms with E-state index < -0.39 is 0 Å². The predicted octanol–water partition coefficient (Wildman–Crippen LogP) is 3.41. The standard InChI is InChI=1S/C17H19NO/c1-2-17(9-10-18-12-17)16(19)15-8-7-13-5-3-4-6-14(13)11-15/h3-8,11,18H,2,9-10,12H2,1H3. The molecule has 19 heavy (non-hydrogen) atoms. The first-order valence-corrected chi connectivity index (χ1v) is 6.99. The highest BCUT2D eigenvalue weighted by atomic mass is 16.1. The molecule has 0 aliphatic carbocycles. The minimum Gasteiger partial charge on any atom is -0.316 e. The van der Waals surface area contributed by atoms with E-state index in [0.29, 0.717) is 5.78 Å². The molecule has 1 N–H and O–H groups in total. The molecule has 1 aliphatic heterocycles. The lowest BCUT2D eigenvalue weighted by atomic mass is 9.77. The molecule has 3 rings (SSSR count). The molecule has 2 heteroatoms. The third-order valence-electron chi connectivity index (χ3n) is 4.41. The van der Waals surface area contributed by atoms with Gasteiger partial charge in [-0.1, -0.05) is 43.3 Å². The highest BCUT2D eigenvalue weighted by Crippen LogP contribution is 2.34. The number of carbonyl (C=O) groups is 1. The van der Waals surface area contributed by atoms with E-state index in [1.165, 1.54) is 5.39 Å². The monoisotopic (exact) mass is 253 g/mol. The van der Waals surface area contributed by atoms with Crippen LogP contribution in [0.5, 0.6) is 0 Å². The average Bonchev–Trinajstić information content (AvgIpc) is 2.96. The van der Waals surface area contributed by atoms with Crippen LogP contribution in [-0.4, -0.2) is 18.9 Å². The van der Waals surface area contributed by atoms with E-state index in [1.807, 2.05) is 30.3 Å². The number of Topliss-reactive ketones (excluding diaryl/α,β-unsaturated/α-hetero) is 1. The molecule has 1 aliphatic rings. The number of benzene rings is 2. The van der Waals surface area contributed by atoms with Gasteiger partial charge in [0.25, 0.3) is 0 Å². The first-order valence-electron chi connectivity index (χ1n) is 6.99. The zero-order valence-corrected chi connectivity index (χ0v) is 11.3. The van der Waals surface area contributed by atoms with Crippen molar-refractivity contribution in [2.24, 2.45) is 5.41 Å². The van der Waals surface area contributed by atoms with E-state index in [1.54, 1.807) is 0 Å². The molecule has 2 aromatic rings. The molecule has 1 unspecified atom stereocenters. The summed E-state index contributed by atoms with van der Waals surface area (Å²) in [6.45, 7) is 3.88. The van der Waals surface area contributed by atoms with Gasteiger partial charge in [0.1, 0.15) is 0 Å². The molecule has 98 valence electrons. The molecule has 2 nitrogen and oxygen atoms in total. The summed E-state index contributed by atoms with van der Waals surface area (Å²) in [5, 5.41) is 5.66. The number of hydrogen-bond acceptors (Lipinski definition) is 2. The summed E-state index contributed by atoms with van der Waals surface area (Å²) in [6, 6.07) is 14.2. The smallest absolute Gasteiger partial charge is 0.170 e. The Bertz CT molecular complexity index is 611. The number of nitrogens with one attached hydrogen (secondary N) is 1. The first-order chi connectivity index (χ1) is 9.25. The van der Waals surface area contributed by atoms with Crippen molar-refractivity contribution in [1.29, 1.82) is 0 Å². The van der Waals surface area contributed by atoms with Crippen LogP contribution in [0.15, 0.2) is 42.5 Å². The molecule has 1 saturated heterocycles. The molecule has 2 aromatic carbocycles. The fraction of sp³-hybridized carbons (Fsp3) is 0.353. The molecular weight excluding hydrogens is 234 g/mol. The van der Waals surface area contributed by atoms with E-state index in [0.717, 1.165) is 36.9 Å². The van der Waals surface area contributed by atoms with E-state index in [-0.39, 0.29) is 5.41 Å². The summed E-state index contributed by atoms with van der Waals surface area (Å²) >= 11 is 0. The topological polar surface area (TPSA) is 29.1 Å². The second-order valence-electron chi connectivity index (χ2n) is 5.45. The highest BCUT2D eigenvalue weighted by molar-refractivity contribution is 6.03. The Morgan fingerprint density at radius 2 is 2.00 bits per heavy atom. The van der Waals surface area contributed by atoms with Gasteiger partial charge in [0.05, 0.1) is 0 Å². The zero-order chi connectivity index (χ0) is 13.3. The van der Waals surface area contributed by atoms with E-state index in [2.05, 4.69) is 24.4 Å². The molecule has 0 spiro atoms. The molecular formula is C17H19NO.